The van der Waals surface area contributed by atoms with Crippen molar-refractivity contribution >= 4 is 29.1 Å². The van der Waals surface area contributed by atoms with E-state index in [0.29, 0.717) is 39.5 Å². The molecule has 2 heterocycles. The fraction of sp³-hybridized carbons (Fsp3) is 0.115. The molecule has 7 nitrogen and oxygen atoms in total. The molecule has 0 aliphatic carbocycles. The highest BCUT2D eigenvalue weighted by Gasteiger charge is 2.36. The number of ether oxygens (including phenoxy) is 1. The third-order valence-electron chi connectivity index (χ3n) is 5.66. The zero-order valence-corrected chi connectivity index (χ0v) is 19.4. The van der Waals surface area contributed by atoms with Crippen molar-refractivity contribution in [2.75, 3.05) is 17.7 Å². The van der Waals surface area contributed by atoms with E-state index in [2.05, 4.69) is 10.6 Å². The number of carbonyl (C=O) groups is 1. The highest BCUT2D eigenvalue weighted by Crippen LogP contribution is 2.40. The Balaban J connectivity index is 1.63. The summed E-state index contributed by atoms with van der Waals surface area (Å²) in [6.45, 7) is 1.86. The summed E-state index contributed by atoms with van der Waals surface area (Å²) in [5, 5.41) is 11.7. The minimum absolute atomic E-state index is 0.235. The number of fused-ring (bicyclic) bond motifs is 1. The molecule has 1 amide bonds. The normalized spacial score (nSPS) is 14.9. The highest BCUT2D eigenvalue weighted by atomic mass is 35.5. The van der Waals surface area contributed by atoms with Crippen molar-refractivity contribution in [3.8, 4) is 17.1 Å². The van der Waals surface area contributed by atoms with Crippen LogP contribution in [-0.2, 0) is 4.79 Å². The summed E-state index contributed by atoms with van der Waals surface area (Å²) < 4.78 is 7.38. The molecule has 8 heteroatoms. The Kier molecular flexibility index (Phi) is 5.77. The Labute approximate surface area is 202 Å². The van der Waals surface area contributed by atoms with E-state index in [1.54, 1.807) is 23.9 Å². The predicted molar refractivity (Wildman–Crippen MR) is 133 cm³/mol. The Bertz CT molecular complexity index is 1380. The first-order chi connectivity index (χ1) is 16.5. The van der Waals surface area contributed by atoms with E-state index in [-0.39, 0.29) is 5.91 Å². The molecule has 1 aliphatic rings. The summed E-state index contributed by atoms with van der Waals surface area (Å²) in [5.74, 6) is 1.48. The van der Waals surface area contributed by atoms with Gasteiger partial charge in [-0.1, -0.05) is 48.0 Å². The number of methoxy groups -OCH3 is 1. The van der Waals surface area contributed by atoms with Gasteiger partial charge in [0.05, 0.1) is 12.7 Å². The van der Waals surface area contributed by atoms with Gasteiger partial charge in [0.25, 0.3) is 5.91 Å². The van der Waals surface area contributed by atoms with Gasteiger partial charge in [-0.2, -0.15) is 4.98 Å². The molecule has 1 atom stereocenters. The highest BCUT2D eigenvalue weighted by molar-refractivity contribution is 6.30. The standard InChI is InChI=1S/C26H22ClN5O2/c1-16-22(25(33)29-19-8-4-3-5-9-19)23(20-10-6-7-11-21(20)34-2)32-26(28-16)30-24(31-32)17-12-14-18(27)15-13-17/h3-15,23H,1-2H3,(H,29,33)(H,28,30,31). The zero-order valence-electron chi connectivity index (χ0n) is 18.6. The number of hydrogen-bond donors (Lipinski definition) is 2. The third-order valence-corrected chi connectivity index (χ3v) is 5.92. The number of anilines is 2. The zero-order chi connectivity index (χ0) is 23.7. The van der Waals surface area contributed by atoms with Gasteiger partial charge < -0.3 is 15.4 Å². The van der Waals surface area contributed by atoms with E-state index in [1.165, 1.54) is 0 Å². The van der Waals surface area contributed by atoms with Crippen LogP contribution in [0.3, 0.4) is 0 Å². The Morgan fingerprint density at radius 3 is 2.47 bits per heavy atom. The summed E-state index contributed by atoms with van der Waals surface area (Å²) in [4.78, 5) is 18.3. The number of amides is 1. The van der Waals surface area contributed by atoms with Crippen LogP contribution < -0.4 is 15.4 Å². The summed E-state index contributed by atoms with van der Waals surface area (Å²) in [6, 6.07) is 23.7. The number of aromatic nitrogens is 3. The van der Waals surface area contributed by atoms with Gasteiger partial charge in [-0.3, -0.25) is 4.79 Å². The first-order valence-corrected chi connectivity index (χ1v) is 11.1. The quantitative estimate of drug-likeness (QED) is 0.399. The van der Waals surface area contributed by atoms with Crippen molar-refractivity contribution in [2.24, 2.45) is 0 Å². The molecule has 0 fully saturated rings. The van der Waals surface area contributed by atoms with E-state index < -0.39 is 6.04 Å². The van der Waals surface area contributed by atoms with E-state index in [9.17, 15) is 4.79 Å². The minimum Gasteiger partial charge on any atom is -0.496 e. The largest absolute Gasteiger partial charge is 0.496 e. The Morgan fingerprint density at radius 1 is 1.03 bits per heavy atom. The number of benzene rings is 3. The number of hydrogen-bond acceptors (Lipinski definition) is 5. The first-order valence-electron chi connectivity index (χ1n) is 10.7. The van der Waals surface area contributed by atoms with Crippen LogP contribution in [0.15, 0.2) is 90.1 Å². The lowest BCUT2D eigenvalue weighted by molar-refractivity contribution is -0.113. The van der Waals surface area contributed by atoms with Crippen LogP contribution in [0.1, 0.15) is 18.5 Å². The maximum absolute atomic E-state index is 13.6. The SMILES string of the molecule is COc1ccccc1C1C(C(=O)Nc2ccccc2)=C(C)Nc2nc(-c3ccc(Cl)cc3)nn21. The van der Waals surface area contributed by atoms with Gasteiger partial charge in [-0.05, 0) is 49.4 Å². The van der Waals surface area contributed by atoms with Crippen molar-refractivity contribution < 1.29 is 9.53 Å². The molecular weight excluding hydrogens is 450 g/mol. The van der Waals surface area contributed by atoms with Gasteiger partial charge in [0, 0.05) is 27.5 Å². The summed E-state index contributed by atoms with van der Waals surface area (Å²) in [7, 11) is 1.61. The van der Waals surface area contributed by atoms with Crippen LogP contribution in [0.25, 0.3) is 11.4 Å². The lowest BCUT2D eigenvalue weighted by Gasteiger charge is -2.29. The number of allylic oxidation sites excluding steroid dienone is 1. The molecule has 4 aromatic rings. The number of halogens is 1. The van der Waals surface area contributed by atoms with Gasteiger partial charge >= 0.3 is 0 Å². The van der Waals surface area contributed by atoms with E-state index in [1.807, 2.05) is 73.7 Å². The first kappa shape index (κ1) is 21.7. The smallest absolute Gasteiger partial charge is 0.255 e. The van der Waals surface area contributed by atoms with Crippen LogP contribution in [-0.4, -0.2) is 27.8 Å². The molecular formula is C26H22ClN5O2. The van der Waals surface area contributed by atoms with Gasteiger partial charge in [0.1, 0.15) is 11.8 Å². The molecule has 0 saturated heterocycles. The number of nitrogens with one attached hydrogen (secondary N) is 2. The Hall–Kier alpha value is -4.10. The van der Waals surface area contributed by atoms with Crippen LogP contribution >= 0.6 is 11.6 Å². The second-order valence-corrected chi connectivity index (χ2v) is 8.28. The van der Waals surface area contributed by atoms with Gasteiger partial charge in [0.2, 0.25) is 5.95 Å². The number of para-hydroxylation sites is 2. The summed E-state index contributed by atoms with van der Waals surface area (Å²) >= 11 is 6.05. The van der Waals surface area contributed by atoms with Crippen LogP contribution in [0.2, 0.25) is 5.02 Å². The van der Waals surface area contributed by atoms with Gasteiger partial charge in [-0.15, -0.1) is 5.10 Å². The number of rotatable bonds is 5. The molecule has 2 N–H and O–H groups in total. The Morgan fingerprint density at radius 2 is 1.74 bits per heavy atom. The fourth-order valence-corrected chi connectivity index (χ4v) is 4.19. The summed E-state index contributed by atoms with van der Waals surface area (Å²) in [6.07, 6.45) is 0. The van der Waals surface area contributed by atoms with Crippen molar-refractivity contribution in [1.29, 1.82) is 0 Å². The minimum atomic E-state index is -0.551. The predicted octanol–water partition coefficient (Wildman–Crippen LogP) is 5.53. The maximum Gasteiger partial charge on any atom is 0.255 e. The molecule has 170 valence electrons. The number of nitrogens with zero attached hydrogens (tertiary/aromatic N) is 3. The average molecular weight is 472 g/mol. The van der Waals surface area contributed by atoms with E-state index in [0.717, 1.165) is 11.1 Å². The maximum atomic E-state index is 13.6. The molecule has 3 aromatic carbocycles. The van der Waals surface area contributed by atoms with E-state index >= 15 is 0 Å². The molecule has 0 spiro atoms. The lowest BCUT2D eigenvalue weighted by Crippen LogP contribution is -2.31. The van der Waals surface area contributed by atoms with Gasteiger partial charge in [-0.25, -0.2) is 4.68 Å². The average Bonchev–Trinajstić information content (AvgIpc) is 3.27. The molecule has 0 radical (unpaired) electrons. The topological polar surface area (TPSA) is 81.1 Å². The van der Waals surface area contributed by atoms with Crippen molar-refractivity contribution in [3.05, 3.63) is 101 Å². The van der Waals surface area contributed by atoms with Crippen molar-refractivity contribution in [1.82, 2.24) is 14.8 Å². The van der Waals surface area contributed by atoms with Crippen LogP contribution in [0.4, 0.5) is 11.6 Å². The second kappa shape index (κ2) is 9.03. The van der Waals surface area contributed by atoms with E-state index in [4.69, 9.17) is 26.4 Å². The van der Waals surface area contributed by atoms with Gasteiger partial charge in [0.15, 0.2) is 5.82 Å². The number of carbonyl (C=O) groups excluding carboxylic acids is 1. The third kappa shape index (κ3) is 4.02. The van der Waals surface area contributed by atoms with Crippen molar-refractivity contribution in [2.45, 2.75) is 13.0 Å². The molecule has 1 aromatic heterocycles. The molecule has 1 aliphatic heterocycles. The molecule has 1 unspecified atom stereocenters. The second-order valence-electron chi connectivity index (χ2n) is 7.84. The fourth-order valence-electron chi connectivity index (χ4n) is 4.07. The monoisotopic (exact) mass is 471 g/mol. The van der Waals surface area contributed by atoms with Crippen molar-refractivity contribution in [3.63, 3.8) is 0 Å². The van der Waals surface area contributed by atoms with Crippen LogP contribution in [0.5, 0.6) is 5.75 Å². The molecule has 0 saturated carbocycles. The van der Waals surface area contributed by atoms with Crippen LogP contribution in [0, 0.1) is 0 Å². The molecule has 0 bridgehead atoms. The summed E-state index contributed by atoms with van der Waals surface area (Å²) in [5.41, 5.74) is 3.54. The molecule has 5 rings (SSSR count). The molecule has 34 heavy (non-hydrogen) atoms. The lowest BCUT2D eigenvalue weighted by atomic mass is 9.94.